The van der Waals surface area contributed by atoms with E-state index in [1.54, 1.807) is 0 Å². The first-order valence-electron chi connectivity index (χ1n) is 29.0. The van der Waals surface area contributed by atoms with Crippen molar-refractivity contribution in [1.82, 2.24) is 5.32 Å². The number of nitrogens with one attached hydrogen (secondary N) is 1. The van der Waals surface area contributed by atoms with Crippen LogP contribution in [0.1, 0.15) is 248 Å². The van der Waals surface area contributed by atoms with Crippen LogP contribution < -0.4 is 15.7 Å². The number of hydrogen-bond acceptors (Lipinski definition) is 7. The minimum absolute atomic E-state index is 0.0267. The Hall–Kier alpha value is -2.13. The molecule has 0 heterocycles. The number of ether oxygens (including phenoxy) is 2. The highest BCUT2D eigenvalue weighted by atomic mass is 32.2. The summed E-state index contributed by atoms with van der Waals surface area (Å²) in [6, 6.07) is 22.2. The highest BCUT2D eigenvalue weighted by molar-refractivity contribution is 7.99. The van der Waals surface area contributed by atoms with Gasteiger partial charge in [0, 0.05) is 31.2 Å². The van der Waals surface area contributed by atoms with Crippen molar-refractivity contribution in [2.45, 2.75) is 265 Å². The van der Waals surface area contributed by atoms with Gasteiger partial charge in [0.1, 0.15) is 6.10 Å². The molecule has 1 N–H and O–H groups in total. The minimum atomic E-state index is -2.56. The standard InChI is InChI=1S/C61H107NO5SSi/c1-8-12-16-20-21-25-39-54(38-24-17-13-9-2)52-65-59(63)47-33-31-40-55(41-32-34-48-60(64)67-56(42-26-18-14-10-3)53-68-51-37-19-15-11-4)62-49-35-36-50-66-69(61(5,6)7,57-43-27-22-28-44-57)58-45-29-23-30-46-58/h22-23,27-30,43-46,54-56,62H,8-21,24-26,31-42,47-53H2,1-7H3. The fraction of sp³-hybridized carbons (Fsp3) is 0.770. The maximum absolute atomic E-state index is 13.2. The zero-order valence-corrected chi connectivity index (χ0v) is 47.7. The average Bonchev–Trinajstić information content (AvgIpc) is 3.34. The molecule has 3 atom stereocenters. The predicted octanol–water partition coefficient (Wildman–Crippen LogP) is 16.5. The summed E-state index contributed by atoms with van der Waals surface area (Å²) >= 11 is 1.97. The van der Waals surface area contributed by atoms with Crippen LogP contribution in [0.25, 0.3) is 0 Å². The molecule has 0 aliphatic heterocycles. The van der Waals surface area contributed by atoms with Crippen molar-refractivity contribution in [2.24, 2.45) is 5.92 Å². The van der Waals surface area contributed by atoms with Crippen molar-refractivity contribution in [3.05, 3.63) is 60.7 Å². The summed E-state index contributed by atoms with van der Waals surface area (Å²) in [5, 5.41) is 6.53. The number of thioether (sulfide) groups is 1. The molecule has 0 bridgehead atoms. The van der Waals surface area contributed by atoms with Gasteiger partial charge in [-0.15, -0.1) is 0 Å². The lowest BCUT2D eigenvalue weighted by Gasteiger charge is -2.43. The molecule has 396 valence electrons. The van der Waals surface area contributed by atoms with Crippen LogP contribution >= 0.6 is 11.8 Å². The summed E-state index contributed by atoms with van der Waals surface area (Å²) in [6.45, 7) is 18.3. The van der Waals surface area contributed by atoms with Gasteiger partial charge in [-0.2, -0.15) is 11.8 Å². The molecule has 0 aliphatic carbocycles. The fourth-order valence-electron chi connectivity index (χ4n) is 9.92. The Bertz CT molecular complexity index is 1450. The molecule has 0 aromatic heterocycles. The number of benzene rings is 2. The molecule has 3 unspecified atom stereocenters. The quantitative estimate of drug-likeness (QED) is 0.0402. The third-order valence-electron chi connectivity index (χ3n) is 14.1. The molecule has 2 aromatic rings. The van der Waals surface area contributed by atoms with Crippen LogP contribution in [0.15, 0.2) is 60.7 Å². The number of hydrogen-bond donors (Lipinski definition) is 1. The fourth-order valence-corrected chi connectivity index (χ4v) is 15.6. The number of carbonyl (C=O) groups is 2. The molecule has 0 saturated heterocycles. The van der Waals surface area contributed by atoms with E-state index in [2.05, 4.69) is 114 Å². The Balaban J connectivity index is 1.97. The molecular weight excluding hydrogens is 887 g/mol. The second-order valence-electron chi connectivity index (χ2n) is 21.4. The van der Waals surface area contributed by atoms with Gasteiger partial charge >= 0.3 is 11.9 Å². The highest BCUT2D eigenvalue weighted by Gasteiger charge is 2.50. The second kappa shape index (κ2) is 41.4. The SMILES string of the molecule is CCCCCCCCC(CCCCCC)COC(=O)CCCCC(CCCCC(=O)OC(CCCCCC)CSCCCCCC)NCCCCO[Si](c1ccccc1)(c1ccccc1)C(C)(C)C. The first-order chi connectivity index (χ1) is 33.6. The van der Waals surface area contributed by atoms with Crippen molar-refractivity contribution in [3.8, 4) is 0 Å². The van der Waals surface area contributed by atoms with Gasteiger partial charge < -0.3 is 19.2 Å². The topological polar surface area (TPSA) is 73.9 Å². The summed E-state index contributed by atoms with van der Waals surface area (Å²) < 4.78 is 19.3. The van der Waals surface area contributed by atoms with Crippen molar-refractivity contribution >= 4 is 42.4 Å². The van der Waals surface area contributed by atoms with E-state index >= 15 is 0 Å². The van der Waals surface area contributed by atoms with Crippen LogP contribution in [0, 0.1) is 5.92 Å². The van der Waals surface area contributed by atoms with E-state index in [1.165, 1.54) is 132 Å². The zero-order valence-electron chi connectivity index (χ0n) is 45.9. The normalized spacial score (nSPS) is 13.3. The van der Waals surface area contributed by atoms with E-state index < -0.39 is 8.32 Å². The van der Waals surface area contributed by atoms with Crippen LogP contribution in [-0.4, -0.2) is 63.7 Å². The van der Waals surface area contributed by atoms with Crippen molar-refractivity contribution in [3.63, 3.8) is 0 Å². The first kappa shape index (κ1) is 63.0. The lowest BCUT2D eigenvalue weighted by Crippen LogP contribution is -2.66. The van der Waals surface area contributed by atoms with Crippen LogP contribution in [-0.2, 0) is 23.5 Å². The summed E-state index contributed by atoms with van der Waals surface area (Å²) in [4.78, 5) is 26.3. The lowest BCUT2D eigenvalue weighted by molar-refractivity contribution is -0.148. The lowest BCUT2D eigenvalue weighted by atomic mass is 9.95. The van der Waals surface area contributed by atoms with Crippen molar-refractivity contribution in [2.75, 3.05) is 31.3 Å². The molecule has 8 heteroatoms. The van der Waals surface area contributed by atoms with Crippen molar-refractivity contribution in [1.29, 1.82) is 0 Å². The van der Waals surface area contributed by atoms with E-state index in [0.717, 1.165) is 88.9 Å². The highest BCUT2D eigenvalue weighted by Crippen LogP contribution is 2.37. The van der Waals surface area contributed by atoms with Crippen LogP contribution in [0.4, 0.5) is 0 Å². The summed E-state index contributed by atoms with van der Waals surface area (Å²) in [7, 11) is -2.56. The monoisotopic (exact) mass is 994 g/mol. The molecule has 0 spiro atoms. The van der Waals surface area contributed by atoms with Crippen molar-refractivity contribution < 1.29 is 23.5 Å². The van der Waals surface area contributed by atoms with E-state index in [9.17, 15) is 9.59 Å². The zero-order chi connectivity index (χ0) is 50.1. The maximum Gasteiger partial charge on any atom is 0.306 e. The summed E-state index contributed by atoms with van der Waals surface area (Å²) in [6.07, 6.45) is 34.9. The Kier molecular flexibility index (Phi) is 37.7. The largest absolute Gasteiger partial charge is 0.465 e. The number of unbranched alkanes of at least 4 members (excludes halogenated alkanes) is 17. The second-order valence-corrected chi connectivity index (χ2v) is 26.9. The number of carbonyl (C=O) groups excluding carboxylic acids is 2. The molecule has 0 saturated carbocycles. The molecule has 6 nitrogen and oxygen atoms in total. The van der Waals surface area contributed by atoms with E-state index in [-0.39, 0.29) is 23.1 Å². The van der Waals surface area contributed by atoms with Gasteiger partial charge in [0.15, 0.2) is 0 Å². The molecule has 69 heavy (non-hydrogen) atoms. The molecular formula is C61H107NO5SSi. The Morgan fingerprint density at radius 1 is 0.551 bits per heavy atom. The Labute approximate surface area is 431 Å². The molecule has 0 amide bonds. The van der Waals surface area contributed by atoms with Crippen LogP contribution in [0.2, 0.25) is 5.04 Å². The molecule has 0 aliphatic rings. The average molecular weight is 995 g/mol. The molecule has 2 rings (SSSR count). The molecule has 0 fully saturated rings. The van der Waals surface area contributed by atoms with E-state index in [1.807, 2.05) is 11.8 Å². The maximum atomic E-state index is 13.2. The van der Waals surface area contributed by atoms with Crippen LogP contribution in [0.5, 0.6) is 0 Å². The molecule has 2 aromatic carbocycles. The van der Waals surface area contributed by atoms with Gasteiger partial charge in [0.2, 0.25) is 0 Å². The summed E-state index contributed by atoms with van der Waals surface area (Å²) in [5.74, 6) is 2.52. The Morgan fingerprint density at radius 3 is 1.58 bits per heavy atom. The van der Waals surface area contributed by atoms with Gasteiger partial charge in [-0.1, -0.05) is 225 Å². The third-order valence-corrected chi connectivity index (χ3v) is 20.4. The number of rotatable bonds is 46. The predicted molar refractivity (Wildman–Crippen MR) is 303 cm³/mol. The third kappa shape index (κ3) is 29.2. The van der Waals surface area contributed by atoms with E-state index in [0.29, 0.717) is 31.4 Å². The van der Waals surface area contributed by atoms with Gasteiger partial charge in [-0.3, -0.25) is 9.59 Å². The van der Waals surface area contributed by atoms with Gasteiger partial charge in [-0.25, -0.2) is 0 Å². The smallest absolute Gasteiger partial charge is 0.306 e. The minimum Gasteiger partial charge on any atom is -0.465 e. The molecule has 0 radical (unpaired) electrons. The van der Waals surface area contributed by atoms with Gasteiger partial charge in [0.05, 0.1) is 6.61 Å². The Morgan fingerprint density at radius 2 is 1.03 bits per heavy atom. The van der Waals surface area contributed by atoms with Crippen LogP contribution in [0.3, 0.4) is 0 Å². The summed E-state index contributed by atoms with van der Waals surface area (Å²) in [5.41, 5.74) is 0. The van der Waals surface area contributed by atoms with E-state index in [4.69, 9.17) is 13.9 Å². The first-order valence-corrected chi connectivity index (χ1v) is 32.1. The number of esters is 2. The van der Waals surface area contributed by atoms with Gasteiger partial charge in [0.25, 0.3) is 8.32 Å². The van der Waals surface area contributed by atoms with Gasteiger partial charge in [-0.05, 0) is 104 Å².